The van der Waals surface area contributed by atoms with Crippen molar-refractivity contribution in [1.29, 1.82) is 0 Å². The second-order valence-corrected chi connectivity index (χ2v) is 7.84. The quantitative estimate of drug-likeness (QED) is 0.456. The summed E-state index contributed by atoms with van der Waals surface area (Å²) in [5.74, 6) is 1.53. The number of amides is 1. The van der Waals surface area contributed by atoms with Gasteiger partial charge < -0.3 is 14.8 Å². The number of anilines is 1. The third-order valence-corrected chi connectivity index (χ3v) is 5.15. The molecule has 0 atom stereocenters. The molecule has 0 saturated heterocycles. The number of benzene rings is 1. The van der Waals surface area contributed by atoms with Gasteiger partial charge in [0.05, 0.1) is 24.0 Å². The summed E-state index contributed by atoms with van der Waals surface area (Å²) in [6, 6.07) is 8.65. The number of nitrogens with zero attached hydrogens (tertiary/aromatic N) is 5. The van der Waals surface area contributed by atoms with Crippen molar-refractivity contribution in [2.45, 2.75) is 27.4 Å². The number of hydrogen-bond donors (Lipinski definition) is 1. The van der Waals surface area contributed by atoms with Gasteiger partial charge >= 0.3 is 0 Å². The molecule has 0 aliphatic rings. The van der Waals surface area contributed by atoms with Crippen LogP contribution in [-0.4, -0.2) is 37.7 Å². The molecule has 3 heterocycles. The molecule has 164 valence electrons. The summed E-state index contributed by atoms with van der Waals surface area (Å²) in [4.78, 5) is 26.0. The highest BCUT2D eigenvalue weighted by atomic mass is 32.1. The number of aromatic nitrogens is 5. The van der Waals surface area contributed by atoms with E-state index in [1.54, 1.807) is 29.8 Å². The van der Waals surface area contributed by atoms with E-state index in [0.29, 0.717) is 35.4 Å². The second kappa shape index (κ2) is 9.15. The predicted molar refractivity (Wildman–Crippen MR) is 121 cm³/mol. The zero-order valence-corrected chi connectivity index (χ0v) is 18.9. The SMILES string of the molecule is COc1cc(C(=O)Nc2cc(C)nn2-c2nc(C)cc(C)n2)ccc1OCc1cscn1. The molecule has 0 aliphatic carbocycles. The smallest absolute Gasteiger partial charge is 0.256 e. The van der Waals surface area contributed by atoms with Crippen LogP contribution < -0.4 is 14.8 Å². The molecule has 0 spiro atoms. The molecule has 4 aromatic rings. The van der Waals surface area contributed by atoms with Crippen molar-refractivity contribution in [2.75, 3.05) is 12.4 Å². The molecule has 0 saturated carbocycles. The number of carbonyl (C=O) groups excluding carboxylic acids is 1. The minimum absolute atomic E-state index is 0.319. The summed E-state index contributed by atoms with van der Waals surface area (Å²) in [6.45, 7) is 5.93. The van der Waals surface area contributed by atoms with Crippen LogP contribution in [0.2, 0.25) is 0 Å². The van der Waals surface area contributed by atoms with Crippen LogP contribution in [0.15, 0.2) is 41.2 Å². The largest absolute Gasteiger partial charge is 0.493 e. The van der Waals surface area contributed by atoms with Crippen LogP contribution in [0.4, 0.5) is 5.82 Å². The zero-order chi connectivity index (χ0) is 22.7. The number of carbonyl (C=O) groups is 1. The van der Waals surface area contributed by atoms with Crippen molar-refractivity contribution >= 4 is 23.1 Å². The van der Waals surface area contributed by atoms with Crippen molar-refractivity contribution in [3.8, 4) is 17.4 Å². The number of ether oxygens (including phenoxy) is 2. The number of hydrogen-bond acceptors (Lipinski definition) is 8. The molecule has 0 radical (unpaired) electrons. The zero-order valence-electron chi connectivity index (χ0n) is 18.1. The molecular formula is C22H22N6O3S. The molecule has 1 amide bonds. The monoisotopic (exact) mass is 450 g/mol. The molecule has 0 fully saturated rings. The van der Waals surface area contributed by atoms with E-state index in [1.807, 2.05) is 32.2 Å². The first kappa shape index (κ1) is 21.4. The molecule has 4 rings (SSSR count). The fourth-order valence-corrected chi connectivity index (χ4v) is 3.66. The minimum atomic E-state index is -0.320. The summed E-state index contributed by atoms with van der Waals surface area (Å²) >= 11 is 1.50. The molecule has 10 heteroatoms. The van der Waals surface area contributed by atoms with Crippen molar-refractivity contribution in [2.24, 2.45) is 0 Å². The van der Waals surface area contributed by atoms with Crippen LogP contribution in [0.3, 0.4) is 0 Å². The van der Waals surface area contributed by atoms with Crippen molar-refractivity contribution in [3.05, 3.63) is 69.6 Å². The first-order valence-corrected chi connectivity index (χ1v) is 10.8. The molecule has 0 unspecified atom stereocenters. The van der Waals surface area contributed by atoms with Crippen molar-refractivity contribution in [3.63, 3.8) is 0 Å². The number of thiazole rings is 1. The lowest BCUT2D eigenvalue weighted by atomic mass is 10.2. The van der Waals surface area contributed by atoms with Gasteiger partial charge in [0.1, 0.15) is 12.4 Å². The van der Waals surface area contributed by atoms with Gasteiger partial charge in [-0.2, -0.15) is 9.78 Å². The normalized spacial score (nSPS) is 10.8. The lowest BCUT2D eigenvalue weighted by Crippen LogP contribution is -2.16. The van der Waals surface area contributed by atoms with Gasteiger partial charge in [-0.05, 0) is 45.0 Å². The van der Waals surface area contributed by atoms with Crippen LogP contribution in [0.1, 0.15) is 33.1 Å². The van der Waals surface area contributed by atoms with Crippen LogP contribution in [-0.2, 0) is 6.61 Å². The number of methoxy groups -OCH3 is 1. The lowest BCUT2D eigenvalue weighted by Gasteiger charge is -2.12. The van der Waals surface area contributed by atoms with Crippen LogP contribution in [0.25, 0.3) is 5.95 Å². The average Bonchev–Trinajstić information content (AvgIpc) is 3.41. The van der Waals surface area contributed by atoms with Gasteiger partial charge in [0.15, 0.2) is 11.5 Å². The number of aryl methyl sites for hydroxylation is 3. The Hall–Kier alpha value is -3.79. The average molecular weight is 451 g/mol. The number of rotatable bonds is 7. The Morgan fingerprint density at radius 2 is 1.84 bits per heavy atom. The molecule has 3 aromatic heterocycles. The molecule has 9 nitrogen and oxygen atoms in total. The van der Waals surface area contributed by atoms with Gasteiger partial charge in [-0.1, -0.05) is 0 Å². The maximum absolute atomic E-state index is 13.0. The summed E-state index contributed by atoms with van der Waals surface area (Å²) in [5, 5.41) is 9.24. The van der Waals surface area contributed by atoms with Gasteiger partial charge in [0, 0.05) is 28.4 Å². The van der Waals surface area contributed by atoms with E-state index in [9.17, 15) is 4.79 Å². The highest BCUT2D eigenvalue weighted by Crippen LogP contribution is 2.29. The van der Waals surface area contributed by atoms with Crippen LogP contribution in [0, 0.1) is 20.8 Å². The van der Waals surface area contributed by atoms with E-state index in [-0.39, 0.29) is 5.91 Å². The Labute approximate surface area is 189 Å². The molecule has 0 bridgehead atoms. The van der Waals surface area contributed by atoms with Gasteiger partial charge in [0.25, 0.3) is 11.9 Å². The third kappa shape index (κ3) is 4.75. The maximum atomic E-state index is 13.0. The highest BCUT2D eigenvalue weighted by Gasteiger charge is 2.17. The van der Waals surface area contributed by atoms with Gasteiger partial charge in [-0.3, -0.25) is 4.79 Å². The molecule has 1 aromatic carbocycles. The fourth-order valence-electron chi connectivity index (χ4n) is 3.12. The minimum Gasteiger partial charge on any atom is -0.493 e. The van der Waals surface area contributed by atoms with E-state index in [2.05, 4.69) is 25.4 Å². The van der Waals surface area contributed by atoms with Gasteiger partial charge in [-0.25, -0.2) is 15.0 Å². The molecule has 0 aliphatic heterocycles. The Bertz CT molecular complexity index is 1230. The topological polar surface area (TPSA) is 104 Å². The van der Waals surface area contributed by atoms with Crippen molar-refractivity contribution < 1.29 is 14.3 Å². The standard InChI is InChI=1S/C22H22N6O3S/c1-13-7-14(2)25-22(24-13)28-20(8-15(3)27-28)26-21(29)16-5-6-18(19(9-16)30-4)31-10-17-11-32-12-23-17/h5-9,11-12H,10H2,1-4H3,(H,26,29). The third-order valence-electron chi connectivity index (χ3n) is 4.52. The maximum Gasteiger partial charge on any atom is 0.256 e. The van der Waals surface area contributed by atoms with E-state index in [0.717, 1.165) is 22.8 Å². The van der Waals surface area contributed by atoms with Gasteiger partial charge in [-0.15, -0.1) is 11.3 Å². The van der Waals surface area contributed by atoms with Crippen molar-refractivity contribution in [1.82, 2.24) is 24.7 Å². The summed E-state index contributed by atoms with van der Waals surface area (Å²) in [6.07, 6.45) is 0. The second-order valence-electron chi connectivity index (χ2n) is 7.12. The van der Waals surface area contributed by atoms with Crippen LogP contribution >= 0.6 is 11.3 Å². The Morgan fingerprint density at radius 3 is 2.53 bits per heavy atom. The van der Waals surface area contributed by atoms with E-state index in [4.69, 9.17) is 9.47 Å². The number of nitrogens with one attached hydrogen (secondary N) is 1. The summed E-state index contributed by atoms with van der Waals surface area (Å²) < 4.78 is 12.7. The molecule has 1 N–H and O–H groups in total. The fraction of sp³-hybridized carbons (Fsp3) is 0.227. The van der Waals surface area contributed by atoms with E-state index in [1.165, 1.54) is 23.1 Å². The summed E-state index contributed by atoms with van der Waals surface area (Å²) in [5.41, 5.74) is 5.35. The van der Waals surface area contributed by atoms with Crippen LogP contribution in [0.5, 0.6) is 11.5 Å². The Morgan fingerprint density at radius 1 is 1.06 bits per heavy atom. The van der Waals surface area contributed by atoms with E-state index < -0.39 is 0 Å². The predicted octanol–water partition coefficient (Wildman–Crippen LogP) is 3.88. The Kier molecular flexibility index (Phi) is 6.13. The van der Waals surface area contributed by atoms with Gasteiger partial charge in [0.2, 0.25) is 0 Å². The van der Waals surface area contributed by atoms with E-state index >= 15 is 0 Å². The lowest BCUT2D eigenvalue weighted by molar-refractivity contribution is 0.102. The first-order valence-electron chi connectivity index (χ1n) is 9.81. The molecular weight excluding hydrogens is 428 g/mol. The summed E-state index contributed by atoms with van der Waals surface area (Å²) in [7, 11) is 1.53. The Balaban J connectivity index is 1.55. The highest BCUT2D eigenvalue weighted by molar-refractivity contribution is 7.07. The first-order chi connectivity index (χ1) is 15.4. The molecule has 32 heavy (non-hydrogen) atoms.